The molecule has 0 spiro atoms. The van der Waals surface area contributed by atoms with Gasteiger partial charge in [-0.3, -0.25) is 9.59 Å². The number of rotatable bonds is 7. The van der Waals surface area contributed by atoms with E-state index in [0.717, 1.165) is 5.56 Å². The molecule has 23 heavy (non-hydrogen) atoms. The first-order valence-corrected chi connectivity index (χ1v) is 7.42. The number of aryl methyl sites for hydroxylation is 1. The molecule has 1 atom stereocenters. The van der Waals surface area contributed by atoms with Crippen molar-refractivity contribution in [2.45, 2.75) is 25.3 Å². The quantitative estimate of drug-likeness (QED) is 0.820. The van der Waals surface area contributed by atoms with E-state index >= 15 is 0 Å². The van der Waals surface area contributed by atoms with Crippen LogP contribution in [-0.4, -0.2) is 17.9 Å². The minimum Gasteiger partial charge on any atom is -0.368 e. The molecule has 0 aromatic heterocycles. The van der Waals surface area contributed by atoms with Gasteiger partial charge >= 0.3 is 0 Å². The lowest BCUT2D eigenvalue weighted by molar-refractivity contribution is -0.127. The van der Waals surface area contributed by atoms with Gasteiger partial charge in [0.05, 0.1) is 0 Å². The van der Waals surface area contributed by atoms with Crippen LogP contribution in [0.5, 0.6) is 0 Å². The lowest BCUT2D eigenvalue weighted by Gasteiger charge is -2.16. The van der Waals surface area contributed by atoms with Crippen molar-refractivity contribution in [1.82, 2.24) is 5.32 Å². The van der Waals surface area contributed by atoms with Crippen molar-refractivity contribution < 1.29 is 14.0 Å². The molecular weight excluding hydrogens is 295 g/mol. The van der Waals surface area contributed by atoms with Crippen molar-refractivity contribution in [1.29, 1.82) is 0 Å². The maximum Gasteiger partial charge on any atom is 0.240 e. The van der Waals surface area contributed by atoms with Crippen LogP contribution in [0.15, 0.2) is 54.6 Å². The number of carbonyl (C=O) groups excluding carboxylic acids is 2. The van der Waals surface area contributed by atoms with Gasteiger partial charge in [0.2, 0.25) is 11.8 Å². The third-order valence-electron chi connectivity index (χ3n) is 3.54. The first-order valence-electron chi connectivity index (χ1n) is 7.42. The number of nitrogens with one attached hydrogen (secondary N) is 1. The summed E-state index contributed by atoms with van der Waals surface area (Å²) in [5.74, 6) is -1.38. The molecule has 5 heteroatoms. The lowest BCUT2D eigenvalue weighted by atomic mass is 10.0. The average molecular weight is 314 g/mol. The van der Waals surface area contributed by atoms with Crippen molar-refractivity contribution in [2.75, 3.05) is 0 Å². The number of carbonyl (C=O) groups is 2. The van der Waals surface area contributed by atoms with Gasteiger partial charge in [-0.25, -0.2) is 4.39 Å². The van der Waals surface area contributed by atoms with E-state index in [1.807, 2.05) is 30.3 Å². The van der Waals surface area contributed by atoms with E-state index in [2.05, 4.69) is 5.32 Å². The second-order valence-corrected chi connectivity index (χ2v) is 5.30. The van der Waals surface area contributed by atoms with Crippen molar-refractivity contribution in [3.63, 3.8) is 0 Å². The van der Waals surface area contributed by atoms with Gasteiger partial charge in [0, 0.05) is 12.8 Å². The van der Waals surface area contributed by atoms with E-state index in [9.17, 15) is 14.0 Å². The summed E-state index contributed by atoms with van der Waals surface area (Å²) in [4.78, 5) is 23.5. The Morgan fingerprint density at radius 2 is 1.70 bits per heavy atom. The number of primary amides is 1. The van der Waals surface area contributed by atoms with Crippen LogP contribution in [-0.2, 0) is 22.4 Å². The standard InChI is InChI=1S/C18H19FN2O2/c19-15-9-5-4-8-14(15)12-16(18(20)23)21-17(22)11-10-13-6-2-1-3-7-13/h1-9,16H,10-12H2,(H2,20,23)(H,21,22)/t16-/m1/s1. The summed E-state index contributed by atoms with van der Waals surface area (Å²) in [6.07, 6.45) is 0.849. The molecule has 2 aromatic rings. The predicted octanol–water partition coefficient (Wildman–Crippen LogP) is 1.97. The Morgan fingerprint density at radius 1 is 1.04 bits per heavy atom. The van der Waals surface area contributed by atoms with Gasteiger partial charge in [-0.15, -0.1) is 0 Å². The highest BCUT2D eigenvalue weighted by molar-refractivity contribution is 5.86. The van der Waals surface area contributed by atoms with Crippen LogP contribution in [0.3, 0.4) is 0 Å². The van der Waals surface area contributed by atoms with Crippen molar-refractivity contribution in [3.8, 4) is 0 Å². The fraction of sp³-hybridized carbons (Fsp3) is 0.222. The number of hydrogen-bond acceptors (Lipinski definition) is 2. The van der Waals surface area contributed by atoms with Crippen LogP contribution >= 0.6 is 0 Å². The third-order valence-corrected chi connectivity index (χ3v) is 3.54. The van der Waals surface area contributed by atoms with Crippen LogP contribution in [0, 0.1) is 5.82 Å². The van der Waals surface area contributed by atoms with Crippen molar-refractivity contribution >= 4 is 11.8 Å². The minimum atomic E-state index is -0.921. The molecule has 0 aliphatic heterocycles. The summed E-state index contributed by atoms with van der Waals surface area (Å²) in [6, 6.07) is 14.8. The van der Waals surface area contributed by atoms with Gasteiger partial charge in [-0.05, 0) is 23.6 Å². The second-order valence-electron chi connectivity index (χ2n) is 5.30. The molecule has 2 rings (SSSR count). The Labute approximate surface area is 134 Å². The van der Waals surface area contributed by atoms with Crippen LogP contribution in [0.25, 0.3) is 0 Å². The summed E-state index contributed by atoms with van der Waals surface area (Å²) in [5, 5.41) is 2.58. The Morgan fingerprint density at radius 3 is 2.35 bits per heavy atom. The third kappa shape index (κ3) is 5.21. The topological polar surface area (TPSA) is 72.2 Å². The van der Waals surface area contributed by atoms with Gasteiger partial charge in [0.1, 0.15) is 11.9 Å². The molecule has 0 bridgehead atoms. The summed E-state index contributed by atoms with van der Waals surface area (Å²) in [5.41, 5.74) is 6.70. The molecule has 0 saturated carbocycles. The number of hydrogen-bond donors (Lipinski definition) is 2. The maximum absolute atomic E-state index is 13.7. The Hall–Kier alpha value is -2.69. The second kappa shape index (κ2) is 8.08. The maximum atomic E-state index is 13.7. The zero-order chi connectivity index (χ0) is 16.7. The Bertz CT molecular complexity index is 674. The molecule has 0 heterocycles. The molecule has 2 aromatic carbocycles. The number of halogens is 1. The molecule has 3 N–H and O–H groups in total. The Balaban J connectivity index is 1.92. The fourth-order valence-electron chi connectivity index (χ4n) is 2.28. The van der Waals surface area contributed by atoms with Crippen LogP contribution in [0.4, 0.5) is 4.39 Å². The largest absolute Gasteiger partial charge is 0.368 e. The normalized spacial score (nSPS) is 11.7. The summed E-state index contributed by atoms with van der Waals surface area (Å²) in [6.45, 7) is 0. The monoisotopic (exact) mass is 314 g/mol. The zero-order valence-electron chi connectivity index (χ0n) is 12.7. The highest BCUT2D eigenvalue weighted by Gasteiger charge is 2.19. The first-order chi connectivity index (χ1) is 11.1. The van der Waals surface area contributed by atoms with Gasteiger partial charge in [0.15, 0.2) is 0 Å². The minimum absolute atomic E-state index is 0.0408. The van der Waals surface area contributed by atoms with Crippen molar-refractivity contribution in [2.24, 2.45) is 5.73 Å². The summed E-state index contributed by atoms with van der Waals surface area (Å²) < 4.78 is 13.7. The van der Waals surface area contributed by atoms with E-state index in [4.69, 9.17) is 5.73 Å². The molecule has 120 valence electrons. The summed E-state index contributed by atoms with van der Waals surface area (Å²) in [7, 11) is 0. The smallest absolute Gasteiger partial charge is 0.240 e. The van der Waals surface area contributed by atoms with Crippen LogP contribution in [0.1, 0.15) is 17.5 Å². The number of benzene rings is 2. The van der Waals surface area contributed by atoms with Gasteiger partial charge in [0.25, 0.3) is 0 Å². The summed E-state index contributed by atoms with van der Waals surface area (Å²) >= 11 is 0. The molecule has 0 unspecified atom stereocenters. The molecule has 0 saturated heterocycles. The highest BCUT2D eigenvalue weighted by Crippen LogP contribution is 2.09. The molecule has 0 radical (unpaired) electrons. The van der Waals surface area contributed by atoms with Gasteiger partial charge < -0.3 is 11.1 Å². The first kappa shape index (κ1) is 16.7. The lowest BCUT2D eigenvalue weighted by Crippen LogP contribution is -2.46. The number of amides is 2. The molecule has 0 aliphatic carbocycles. The predicted molar refractivity (Wildman–Crippen MR) is 86.0 cm³/mol. The fourth-order valence-corrected chi connectivity index (χ4v) is 2.28. The molecule has 2 amide bonds. The van der Waals surface area contributed by atoms with E-state index < -0.39 is 17.8 Å². The molecule has 0 fully saturated rings. The van der Waals surface area contributed by atoms with Gasteiger partial charge in [-0.2, -0.15) is 0 Å². The van der Waals surface area contributed by atoms with E-state index in [-0.39, 0.29) is 18.7 Å². The van der Waals surface area contributed by atoms with Crippen LogP contribution < -0.4 is 11.1 Å². The zero-order valence-corrected chi connectivity index (χ0v) is 12.7. The van der Waals surface area contributed by atoms with Gasteiger partial charge in [-0.1, -0.05) is 48.5 Å². The molecule has 4 nitrogen and oxygen atoms in total. The van der Waals surface area contributed by atoms with E-state index in [0.29, 0.717) is 12.0 Å². The highest BCUT2D eigenvalue weighted by atomic mass is 19.1. The Kier molecular flexibility index (Phi) is 5.86. The average Bonchev–Trinajstić information content (AvgIpc) is 2.55. The van der Waals surface area contributed by atoms with Crippen molar-refractivity contribution in [3.05, 3.63) is 71.5 Å². The number of nitrogens with two attached hydrogens (primary N) is 1. The van der Waals surface area contributed by atoms with Crippen LogP contribution in [0.2, 0.25) is 0 Å². The molecular formula is C18H19FN2O2. The van der Waals surface area contributed by atoms with E-state index in [1.165, 1.54) is 6.07 Å². The SMILES string of the molecule is NC(=O)[C@@H](Cc1ccccc1F)NC(=O)CCc1ccccc1. The van der Waals surface area contributed by atoms with E-state index in [1.54, 1.807) is 18.2 Å². The molecule has 0 aliphatic rings.